The molecule has 2 fully saturated rings. The van der Waals surface area contributed by atoms with E-state index in [2.05, 4.69) is 6.07 Å². The Morgan fingerprint density at radius 2 is 1.34 bits per heavy atom. The minimum Gasteiger partial charge on any atom is -0.369 e. The number of amides is 1. The Morgan fingerprint density at radius 3 is 1.72 bits per heavy atom. The summed E-state index contributed by atoms with van der Waals surface area (Å²) in [6.07, 6.45) is 3.99. The van der Waals surface area contributed by atoms with Crippen LogP contribution < -0.4 is 5.73 Å². The van der Waals surface area contributed by atoms with Gasteiger partial charge in [-0.25, -0.2) is 17.6 Å². The van der Waals surface area contributed by atoms with Gasteiger partial charge in [-0.2, -0.15) is 5.26 Å². The van der Waals surface area contributed by atoms with Gasteiger partial charge >= 0.3 is 0 Å². The highest BCUT2D eigenvalue weighted by Crippen LogP contribution is 2.45. The number of nitriles is 1. The molecule has 0 unspecified atom stereocenters. The fourth-order valence-electron chi connectivity index (χ4n) is 3.90. The standard InChI is InChI=1S/C11H11F2NO.C11H9F2N/c12-8-4-1-3-7(9(8)13)11(10(14)15)5-2-6-11;12-9-4-1-3-8(10(9)13)11(7-14)5-2-6-11/h1,3-4H,2,5-6H2,(H2,14,15);1,3-4H,2,5-6H2. The number of carbonyl (C=O) groups is 1. The molecule has 7 heteroatoms. The maximum Gasteiger partial charge on any atom is 0.228 e. The van der Waals surface area contributed by atoms with E-state index in [0.29, 0.717) is 25.7 Å². The van der Waals surface area contributed by atoms with E-state index in [4.69, 9.17) is 11.0 Å². The summed E-state index contributed by atoms with van der Waals surface area (Å²) in [5.74, 6) is -4.19. The predicted molar refractivity (Wildman–Crippen MR) is 98.6 cm³/mol. The van der Waals surface area contributed by atoms with Gasteiger partial charge in [-0.05, 0) is 44.2 Å². The van der Waals surface area contributed by atoms with Crippen molar-refractivity contribution in [3.8, 4) is 6.07 Å². The molecule has 0 aliphatic heterocycles. The molecule has 2 aliphatic carbocycles. The number of benzene rings is 2. The lowest BCUT2D eigenvalue weighted by Crippen LogP contribution is -2.47. The van der Waals surface area contributed by atoms with Gasteiger partial charge in [0.1, 0.15) is 0 Å². The smallest absolute Gasteiger partial charge is 0.228 e. The Kier molecular flexibility index (Phi) is 5.65. The van der Waals surface area contributed by atoms with Crippen molar-refractivity contribution in [1.82, 2.24) is 0 Å². The largest absolute Gasteiger partial charge is 0.369 e. The summed E-state index contributed by atoms with van der Waals surface area (Å²) in [5, 5.41) is 8.97. The summed E-state index contributed by atoms with van der Waals surface area (Å²) in [7, 11) is 0. The van der Waals surface area contributed by atoms with E-state index < -0.39 is 40.0 Å². The van der Waals surface area contributed by atoms with E-state index in [0.717, 1.165) is 25.0 Å². The molecule has 4 rings (SSSR count). The average molecular weight is 404 g/mol. The molecular weight excluding hydrogens is 384 g/mol. The molecule has 152 valence electrons. The summed E-state index contributed by atoms with van der Waals surface area (Å²) in [6, 6.07) is 9.98. The number of hydrogen-bond acceptors (Lipinski definition) is 2. The van der Waals surface area contributed by atoms with Crippen LogP contribution in [0.15, 0.2) is 36.4 Å². The van der Waals surface area contributed by atoms with E-state index in [1.54, 1.807) is 0 Å². The highest BCUT2D eigenvalue weighted by molar-refractivity contribution is 5.87. The molecule has 2 saturated carbocycles. The SMILES string of the molecule is N#CC1(c2cccc(F)c2F)CCC1.NC(=O)C1(c2cccc(F)c2F)CCC1. The molecule has 0 bridgehead atoms. The molecule has 29 heavy (non-hydrogen) atoms. The predicted octanol–water partition coefficient (Wildman–Crippen LogP) is 4.78. The highest BCUT2D eigenvalue weighted by Gasteiger charge is 2.46. The molecule has 2 aromatic carbocycles. The van der Waals surface area contributed by atoms with E-state index in [9.17, 15) is 22.4 Å². The second-order valence-electron chi connectivity index (χ2n) is 7.55. The van der Waals surface area contributed by atoms with Crippen molar-refractivity contribution < 1.29 is 22.4 Å². The van der Waals surface area contributed by atoms with Crippen LogP contribution in [0.25, 0.3) is 0 Å². The van der Waals surface area contributed by atoms with Crippen molar-refractivity contribution in [3.63, 3.8) is 0 Å². The van der Waals surface area contributed by atoms with Crippen molar-refractivity contribution >= 4 is 5.91 Å². The normalized spacial score (nSPS) is 18.3. The number of primary amides is 1. The first-order valence-corrected chi connectivity index (χ1v) is 9.37. The molecule has 2 N–H and O–H groups in total. The van der Waals surface area contributed by atoms with Crippen molar-refractivity contribution in [1.29, 1.82) is 5.26 Å². The zero-order valence-corrected chi connectivity index (χ0v) is 15.7. The van der Waals surface area contributed by atoms with Gasteiger partial charge in [0.25, 0.3) is 0 Å². The average Bonchev–Trinajstić information content (AvgIpc) is 2.61. The van der Waals surface area contributed by atoms with Crippen LogP contribution in [0.5, 0.6) is 0 Å². The van der Waals surface area contributed by atoms with Gasteiger partial charge in [0, 0.05) is 11.1 Å². The summed E-state index contributed by atoms with van der Waals surface area (Å²) >= 11 is 0. The van der Waals surface area contributed by atoms with Gasteiger partial charge in [-0.1, -0.05) is 30.7 Å². The van der Waals surface area contributed by atoms with E-state index in [-0.39, 0.29) is 11.1 Å². The minimum absolute atomic E-state index is 0.0984. The maximum atomic E-state index is 13.5. The quantitative estimate of drug-likeness (QED) is 0.748. The van der Waals surface area contributed by atoms with E-state index in [1.165, 1.54) is 24.3 Å². The van der Waals surface area contributed by atoms with Crippen LogP contribution >= 0.6 is 0 Å². The van der Waals surface area contributed by atoms with Crippen LogP contribution in [0.2, 0.25) is 0 Å². The Balaban J connectivity index is 0.000000166. The van der Waals surface area contributed by atoms with Crippen LogP contribution in [0, 0.1) is 34.6 Å². The molecule has 3 nitrogen and oxygen atoms in total. The topological polar surface area (TPSA) is 66.9 Å². The first-order valence-electron chi connectivity index (χ1n) is 9.37. The fourth-order valence-corrected chi connectivity index (χ4v) is 3.90. The minimum atomic E-state index is -0.980. The van der Waals surface area contributed by atoms with Crippen molar-refractivity contribution in [2.45, 2.75) is 49.4 Å². The van der Waals surface area contributed by atoms with Crippen LogP contribution in [-0.4, -0.2) is 5.91 Å². The first-order chi connectivity index (χ1) is 13.8. The Labute approximate surface area is 166 Å². The van der Waals surface area contributed by atoms with Gasteiger partial charge < -0.3 is 5.73 Å². The molecule has 0 heterocycles. The molecule has 0 spiro atoms. The van der Waals surface area contributed by atoms with Crippen LogP contribution in [0.3, 0.4) is 0 Å². The molecule has 1 amide bonds. The first kappa shape index (κ1) is 20.8. The summed E-state index contributed by atoms with van der Waals surface area (Å²) in [4.78, 5) is 11.3. The molecule has 0 saturated heterocycles. The molecule has 2 aromatic rings. The molecule has 0 aromatic heterocycles. The lowest BCUT2D eigenvalue weighted by Gasteiger charge is -2.39. The summed E-state index contributed by atoms with van der Waals surface area (Å²) in [6.45, 7) is 0. The third kappa shape index (κ3) is 3.48. The molecule has 0 radical (unpaired) electrons. The van der Waals surface area contributed by atoms with Crippen molar-refractivity contribution in [2.24, 2.45) is 5.73 Å². The zero-order chi connectivity index (χ0) is 21.2. The second-order valence-corrected chi connectivity index (χ2v) is 7.55. The van der Waals surface area contributed by atoms with Gasteiger partial charge in [0.15, 0.2) is 23.3 Å². The highest BCUT2D eigenvalue weighted by atomic mass is 19.2. The molecule has 2 aliphatic rings. The number of halogens is 4. The number of nitrogens with zero attached hydrogens (tertiary/aromatic N) is 1. The lowest BCUT2D eigenvalue weighted by atomic mass is 9.64. The van der Waals surface area contributed by atoms with E-state index in [1.807, 2.05) is 0 Å². The van der Waals surface area contributed by atoms with Gasteiger partial charge in [-0.3, -0.25) is 4.79 Å². The summed E-state index contributed by atoms with van der Waals surface area (Å²) in [5.41, 5.74) is 3.82. The fraction of sp³-hybridized carbons (Fsp3) is 0.364. The van der Waals surface area contributed by atoms with Gasteiger partial charge in [0.2, 0.25) is 5.91 Å². The van der Waals surface area contributed by atoms with E-state index >= 15 is 0 Å². The Bertz CT molecular complexity index is 975. The van der Waals surface area contributed by atoms with Crippen LogP contribution in [0.4, 0.5) is 17.6 Å². The maximum absolute atomic E-state index is 13.5. The zero-order valence-electron chi connectivity index (χ0n) is 15.7. The van der Waals surface area contributed by atoms with Crippen molar-refractivity contribution in [2.75, 3.05) is 0 Å². The summed E-state index contributed by atoms with van der Waals surface area (Å²) < 4.78 is 52.8. The Morgan fingerprint density at radius 1 is 0.862 bits per heavy atom. The number of nitrogens with two attached hydrogens (primary N) is 1. The van der Waals surface area contributed by atoms with Gasteiger partial charge in [0.05, 0.1) is 16.9 Å². The molecule has 0 atom stereocenters. The number of carbonyl (C=O) groups excluding carboxylic acids is 1. The monoisotopic (exact) mass is 404 g/mol. The second kappa shape index (κ2) is 7.86. The third-order valence-electron chi connectivity index (χ3n) is 6.03. The Hall–Kier alpha value is -2.88. The van der Waals surface area contributed by atoms with Gasteiger partial charge in [-0.15, -0.1) is 0 Å². The lowest BCUT2D eigenvalue weighted by molar-refractivity contribution is -0.126. The van der Waals surface area contributed by atoms with Crippen molar-refractivity contribution in [3.05, 3.63) is 70.8 Å². The number of hydrogen-bond donors (Lipinski definition) is 1. The van der Waals surface area contributed by atoms with Crippen LogP contribution in [0.1, 0.15) is 49.7 Å². The number of rotatable bonds is 3. The van der Waals surface area contributed by atoms with Crippen LogP contribution in [-0.2, 0) is 15.6 Å². The molecular formula is C22H20F4N2O. The third-order valence-corrected chi connectivity index (χ3v) is 6.03.